The Balaban J connectivity index is 1.57. The molecule has 1 saturated heterocycles. The summed E-state index contributed by atoms with van der Waals surface area (Å²) in [5.74, 6) is 0.710. The molecule has 6 nitrogen and oxygen atoms in total. The number of benzene rings is 1. The molecule has 2 aliphatic rings. The summed E-state index contributed by atoms with van der Waals surface area (Å²) in [5, 5.41) is 0. The predicted octanol–water partition coefficient (Wildman–Crippen LogP) is 4.81. The number of nitrogens with zero attached hydrogens (tertiary/aromatic N) is 2. The van der Waals surface area contributed by atoms with Crippen LogP contribution in [0.3, 0.4) is 0 Å². The maximum Gasteiger partial charge on any atom is 0.410 e. The van der Waals surface area contributed by atoms with Crippen LogP contribution in [0.15, 0.2) is 43.0 Å². The summed E-state index contributed by atoms with van der Waals surface area (Å²) in [4.78, 5) is 28.7. The van der Waals surface area contributed by atoms with E-state index in [0.29, 0.717) is 31.5 Å². The standard InChI is InChI=1S/C24H34N2O4/c1-5-15-29-23(28)26(21-16-20(21)19-9-7-6-8-10-19)17-18-11-13-25(14-12-18)22(27)30-24(2,3)4/h5-10,18,20-21H,1,11-17H2,2-4H3/t20-,21+/m0/s1. The minimum atomic E-state index is -0.488. The lowest BCUT2D eigenvalue weighted by Gasteiger charge is -2.35. The summed E-state index contributed by atoms with van der Waals surface area (Å²) in [6.45, 7) is 11.5. The molecule has 0 aromatic heterocycles. The van der Waals surface area contributed by atoms with E-state index in [1.54, 1.807) is 11.0 Å². The van der Waals surface area contributed by atoms with Gasteiger partial charge in [-0.25, -0.2) is 9.59 Å². The van der Waals surface area contributed by atoms with Crippen LogP contribution in [-0.2, 0) is 9.47 Å². The number of carbonyl (C=O) groups is 2. The van der Waals surface area contributed by atoms with Crippen molar-refractivity contribution >= 4 is 12.2 Å². The zero-order chi connectivity index (χ0) is 21.7. The van der Waals surface area contributed by atoms with Gasteiger partial charge in [0, 0.05) is 31.6 Å². The maximum absolute atomic E-state index is 12.7. The van der Waals surface area contributed by atoms with Crippen molar-refractivity contribution in [2.75, 3.05) is 26.2 Å². The lowest BCUT2D eigenvalue weighted by Crippen LogP contribution is -2.45. The Morgan fingerprint density at radius 2 is 1.87 bits per heavy atom. The van der Waals surface area contributed by atoms with E-state index in [-0.39, 0.29) is 24.8 Å². The third kappa shape index (κ3) is 6.00. The summed E-state index contributed by atoms with van der Waals surface area (Å²) in [7, 11) is 0. The molecule has 0 bridgehead atoms. The molecule has 1 aliphatic heterocycles. The number of ether oxygens (including phenoxy) is 2. The van der Waals surface area contributed by atoms with Gasteiger partial charge in [0.25, 0.3) is 0 Å². The molecule has 1 aromatic rings. The first-order valence-electron chi connectivity index (χ1n) is 10.9. The van der Waals surface area contributed by atoms with Gasteiger partial charge < -0.3 is 19.3 Å². The number of amides is 2. The molecule has 2 amide bonds. The minimum absolute atomic E-state index is 0.175. The third-order valence-electron chi connectivity index (χ3n) is 5.67. The van der Waals surface area contributed by atoms with Crippen LogP contribution >= 0.6 is 0 Å². The fourth-order valence-electron chi connectivity index (χ4n) is 4.05. The molecular formula is C24H34N2O4. The number of hydrogen-bond acceptors (Lipinski definition) is 4. The molecule has 1 heterocycles. The molecular weight excluding hydrogens is 380 g/mol. The zero-order valence-electron chi connectivity index (χ0n) is 18.4. The number of rotatable bonds is 6. The molecule has 164 valence electrons. The van der Waals surface area contributed by atoms with Crippen LogP contribution in [-0.4, -0.2) is 59.9 Å². The molecule has 1 aliphatic carbocycles. The van der Waals surface area contributed by atoms with Crippen molar-refractivity contribution in [2.24, 2.45) is 5.92 Å². The number of likely N-dealkylation sites (tertiary alicyclic amines) is 1. The summed E-state index contributed by atoms with van der Waals surface area (Å²) in [5.41, 5.74) is 0.779. The Morgan fingerprint density at radius 1 is 1.20 bits per heavy atom. The molecule has 3 rings (SSSR count). The van der Waals surface area contributed by atoms with Crippen molar-refractivity contribution in [1.82, 2.24) is 9.80 Å². The van der Waals surface area contributed by atoms with Gasteiger partial charge >= 0.3 is 12.2 Å². The van der Waals surface area contributed by atoms with Crippen molar-refractivity contribution in [2.45, 2.75) is 57.6 Å². The highest BCUT2D eigenvalue weighted by molar-refractivity contribution is 5.69. The number of hydrogen-bond donors (Lipinski definition) is 0. The molecule has 0 unspecified atom stereocenters. The molecule has 0 spiro atoms. The Morgan fingerprint density at radius 3 is 2.47 bits per heavy atom. The summed E-state index contributed by atoms with van der Waals surface area (Å²) < 4.78 is 10.9. The van der Waals surface area contributed by atoms with Crippen molar-refractivity contribution in [1.29, 1.82) is 0 Å². The van der Waals surface area contributed by atoms with Gasteiger partial charge in [-0.05, 0) is 51.5 Å². The van der Waals surface area contributed by atoms with E-state index >= 15 is 0 Å². The monoisotopic (exact) mass is 414 g/mol. The second-order valence-corrected chi connectivity index (χ2v) is 9.25. The molecule has 6 heteroatoms. The number of carbonyl (C=O) groups excluding carboxylic acids is 2. The third-order valence-corrected chi connectivity index (χ3v) is 5.67. The molecule has 1 saturated carbocycles. The highest BCUT2D eigenvalue weighted by Gasteiger charge is 2.46. The smallest absolute Gasteiger partial charge is 0.410 e. The second-order valence-electron chi connectivity index (χ2n) is 9.25. The van der Waals surface area contributed by atoms with E-state index in [2.05, 4.69) is 18.7 Å². The maximum atomic E-state index is 12.7. The SMILES string of the molecule is C=CCOC(=O)N(CC1CCN(C(=O)OC(C)(C)C)CC1)[C@@H]1C[C@H]1c1ccccc1. The molecule has 2 fully saturated rings. The van der Waals surface area contributed by atoms with Crippen molar-refractivity contribution in [3.63, 3.8) is 0 Å². The van der Waals surface area contributed by atoms with Crippen LogP contribution in [0.25, 0.3) is 0 Å². The van der Waals surface area contributed by atoms with E-state index < -0.39 is 5.60 Å². The average molecular weight is 415 g/mol. The summed E-state index contributed by atoms with van der Waals surface area (Å²) in [6, 6.07) is 10.5. The lowest BCUT2D eigenvalue weighted by atomic mass is 9.96. The van der Waals surface area contributed by atoms with E-state index in [0.717, 1.165) is 19.3 Å². The van der Waals surface area contributed by atoms with E-state index in [1.165, 1.54) is 5.56 Å². The van der Waals surface area contributed by atoms with Gasteiger partial charge in [0.1, 0.15) is 12.2 Å². The van der Waals surface area contributed by atoms with Gasteiger partial charge in [-0.1, -0.05) is 43.0 Å². The van der Waals surface area contributed by atoms with E-state index in [1.807, 2.05) is 43.9 Å². The Bertz CT molecular complexity index is 735. The zero-order valence-corrected chi connectivity index (χ0v) is 18.4. The van der Waals surface area contributed by atoms with Gasteiger partial charge in [0.2, 0.25) is 0 Å². The molecule has 30 heavy (non-hydrogen) atoms. The van der Waals surface area contributed by atoms with Crippen LogP contribution in [0.1, 0.15) is 51.5 Å². The Hall–Kier alpha value is -2.50. The summed E-state index contributed by atoms with van der Waals surface area (Å²) in [6.07, 6.45) is 3.74. The molecule has 1 aromatic carbocycles. The predicted molar refractivity (Wildman–Crippen MR) is 116 cm³/mol. The average Bonchev–Trinajstić information content (AvgIpc) is 3.50. The van der Waals surface area contributed by atoms with Gasteiger partial charge in [0.05, 0.1) is 0 Å². The van der Waals surface area contributed by atoms with Gasteiger partial charge in [-0.2, -0.15) is 0 Å². The van der Waals surface area contributed by atoms with Crippen molar-refractivity contribution in [3.8, 4) is 0 Å². The number of piperidine rings is 1. The first-order chi connectivity index (χ1) is 14.3. The van der Waals surface area contributed by atoms with Crippen LogP contribution < -0.4 is 0 Å². The highest BCUT2D eigenvalue weighted by atomic mass is 16.6. The molecule has 2 atom stereocenters. The van der Waals surface area contributed by atoms with Crippen molar-refractivity contribution < 1.29 is 19.1 Å². The van der Waals surface area contributed by atoms with Gasteiger partial charge in [-0.15, -0.1) is 0 Å². The Labute approximate surface area is 179 Å². The normalized spacial score (nSPS) is 21.6. The van der Waals surface area contributed by atoms with Gasteiger partial charge in [-0.3, -0.25) is 0 Å². The van der Waals surface area contributed by atoms with Crippen LogP contribution in [0.5, 0.6) is 0 Å². The van der Waals surface area contributed by atoms with Crippen LogP contribution in [0.4, 0.5) is 9.59 Å². The highest BCUT2D eigenvalue weighted by Crippen LogP contribution is 2.45. The Kier molecular flexibility index (Phi) is 7.06. The minimum Gasteiger partial charge on any atom is -0.445 e. The molecule has 0 N–H and O–H groups in total. The first kappa shape index (κ1) is 22.2. The van der Waals surface area contributed by atoms with E-state index in [9.17, 15) is 9.59 Å². The van der Waals surface area contributed by atoms with Gasteiger partial charge in [0.15, 0.2) is 0 Å². The topological polar surface area (TPSA) is 59.1 Å². The second kappa shape index (κ2) is 9.54. The largest absolute Gasteiger partial charge is 0.445 e. The first-order valence-corrected chi connectivity index (χ1v) is 10.9. The summed E-state index contributed by atoms with van der Waals surface area (Å²) >= 11 is 0. The van der Waals surface area contributed by atoms with Crippen LogP contribution in [0, 0.1) is 5.92 Å². The van der Waals surface area contributed by atoms with Crippen molar-refractivity contribution in [3.05, 3.63) is 48.6 Å². The van der Waals surface area contributed by atoms with Crippen LogP contribution in [0.2, 0.25) is 0 Å². The van der Waals surface area contributed by atoms with E-state index in [4.69, 9.17) is 9.47 Å². The fourth-order valence-corrected chi connectivity index (χ4v) is 4.05. The fraction of sp³-hybridized carbons (Fsp3) is 0.583. The quantitative estimate of drug-likeness (QED) is 0.627. The molecule has 0 radical (unpaired) electrons. The lowest BCUT2D eigenvalue weighted by molar-refractivity contribution is 0.0164.